The number of hydrogen-bond donors (Lipinski definition) is 4. The van der Waals surface area contributed by atoms with Crippen molar-refractivity contribution in [1.29, 1.82) is 0 Å². The minimum absolute atomic E-state index is 0.00478. The summed E-state index contributed by atoms with van der Waals surface area (Å²) in [4.78, 5) is 51.1. The normalized spacial score (nSPS) is 22.2. The van der Waals surface area contributed by atoms with E-state index in [2.05, 4.69) is 33.4 Å². The Morgan fingerprint density at radius 3 is 2.29 bits per heavy atom. The van der Waals surface area contributed by atoms with E-state index < -0.39 is 35.4 Å². The van der Waals surface area contributed by atoms with Gasteiger partial charge in [-0.05, 0) is 76.1 Å². The Kier molecular flexibility index (Phi) is 10.2. The number of alkyl carbamates (subject to hydrolysis) is 1. The Morgan fingerprint density at radius 2 is 1.67 bits per heavy atom. The van der Waals surface area contributed by atoms with Crippen LogP contribution in [0.4, 0.5) is 4.79 Å². The fraction of sp³-hybridized carbons (Fsp3) is 0.500. The van der Waals surface area contributed by atoms with Gasteiger partial charge in [0.25, 0.3) is 0 Å². The molecule has 0 bridgehead atoms. The quantitative estimate of drug-likeness (QED) is 0.364. The molecule has 0 spiro atoms. The van der Waals surface area contributed by atoms with Gasteiger partial charge < -0.3 is 9.84 Å². The van der Waals surface area contributed by atoms with Gasteiger partial charge in [0.2, 0.25) is 5.96 Å². The Labute approximate surface area is 245 Å². The van der Waals surface area contributed by atoms with Crippen molar-refractivity contribution in [2.45, 2.75) is 89.6 Å². The third kappa shape index (κ3) is 8.49. The van der Waals surface area contributed by atoms with Gasteiger partial charge in [-0.3, -0.25) is 15.1 Å². The second-order valence-corrected chi connectivity index (χ2v) is 12.0. The summed E-state index contributed by atoms with van der Waals surface area (Å²) >= 11 is 0. The number of fused-ring (bicyclic) bond motifs is 3. The van der Waals surface area contributed by atoms with Crippen molar-refractivity contribution in [3.8, 4) is 11.1 Å². The Morgan fingerprint density at radius 1 is 1.02 bits per heavy atom. The van der Waals surface area contributed by atoms with Gasteiger partial charge in [0.05, 0.1) is 0 Å². The largest absolute Gasteiger partial charge is 0.480 e. The van der Waals surface area contributed by atoms with E-state index in [1.54, 1.807) is 20.8 Å². The molecule has 4 rings (SSSR count). The number of carboxylic acids is 1. The number of carbonyl (C=O) groups is 2. The number of aliphatic carboxylic acids is 1. The molecular formula is C30H40N4O8. The number of benzene rings is 2. The van der Waals surface area contributed by atoms with E-state index in [9.17, 15) is 14.7 Å². The monoisotopic (exact) mass is 584 g/mol. The third-order valence-corrected chi connectivity index (χ3v) is 6.80. The maximum absolute atomic E-state index is 12.4. The van der Waals surface area contributed by atoms with E-state index in [1.165, 1.54) is 0 Å². The van der Waals surface area contributed by atoms with Crippen LogP contribution in [0, 0.1) is 0 Å². The lowest BCUT2D eigenvalue weighted by molar-refractivity contribution is -0.402. The van der Waals surface area contributed by atoms with Gasteiger partial charge in [-0.25, -0.2) is 20.0 Å². The molecule has 1 amide bonds. The van der Waals surface area contributed by atoms with E-state index in [4.69, 9.17) is 24.5 Å². The van der Waals surface area contributed by atoms with E-state index in [1.807, 2.05) is 50.2 Å². The summed E-state index contributed by atoms with van der Waals surface area (Å²) in [5.41, 5.74) is 7.76. The molecule has 1 heterocycles. The number of guanidine groups is 1. The summed E-state index contributed by atoms with van der Waals surface area (Å²) in [6, 6.07) is 15.2. The Balaban J connectivity index is 1.58. The second-order valence-electron chi connectivity index (χ2n) is 12.0. The number of carboxylic acid groups (broad SMARTS) is 1. The van der Waals surface area contributed by atoms with Crippen molar-refractivity contribution >= 4 is 18.0 Å². The van der Waals surface area contributed by atoms with Crippen LogP contribution in [0.2, 0.25) is 0 Å². The molecule has 12 nitrogen and oxygen atoms in total. The molecule has 0 fully saturated rings. The lowest BCUT2D eigenvalue weighted by Crippen LogP contribution is -2.45. The lowest BCUT2D eigenvalue weighted by Gasteiger charge is -2.31. The fourth-order valence-electron chi connectivity index (χ4n) is 5.02. The summed E-state index contributed by atoms with van der Waals surface area (Å²) in [6.07, 6.45) is 0.238. The van der Waals surface area contributed by atoms with Gasteiger partial charge >= 0.3 is 12.1 Å². The molecule has 228 valence electrons. The molecule has 0 saturated carbocycles. The van der Waals surface area contributed by atoms with Crippen LogP contribution >= 0.6 is 0 Å². The first-order chi connectivity index (χ1) is 19.9. The van der Waals surface area contributed by atoms with E-state index in [0.717, 1.165) is 22.3 Å². The number of nitrogens with one attached hydrogen (secondary N) is 3. The molecular weight excluding hydrogens is 544 g/mol. The highest BCUT2D eigenvalue weighted by Crippen LogP contribution is 2.48. The number of amides is 1. The van der Waals surface area contributed by atoms with Crippen LogP contribution in [0.25, 0.3) is 11.1 Å². The highest BCUT2D eigenvalue weighted by atomic mass is 17.3. The number of carbonyl (C=O) groups excluding carboxylic acids is 1. The standard InChI is InChI=1S/C30H40N4O8/c1-29(2,3)38-28(37)32-27-31-17-11-10-16-23(26(35)36)33-41-39-24(18-30(4,5)40-42-34-27)25-21-14-8-6-12-19(21)20-13-7-9-15-22(20)25/h6-9,12-15,23-25,33H,10-11,16-18H2,1-5H3,(H,35,36)(H2,31,32,34,37)/t23-,24?/m0/s1. The highest BCUT2D eigenvalue weighted by molar-refractivity contribution is 5.93. The molecule has 0 aromatic heterocycles. The number of aliphatic imine (C=N–C) groups is 1. The van der Waals surface area contributed by atoms with Crippen LogP contribution in [0.15, 0.2) is 53.5 Å². The predicted octanol–water partition coefficient (Wildman–Crippen LogP) is 4.76. The summed E-state index contributed by atoms with van der Waals surface area (Å²) in [5, 5.41) is 12.3. The van der Waals surface area contributed by atoms with Crippen molar-refractivity contribution in [1.82, 2.24) is 16.3 Å². The summed E-state index contributed by atoms with van der Waals surface area (Å²) < 4.78 is 5.32. The average molecular weight is 585 g/mol. The maximum atomic E-state index is 12.4. The molecule has 4 N–H and O–H groups in total. The van der Waals surface area contributed by atoms with Crippen molar-refractivity contribution in [3.63, 3.8) is 0 Å². The first-order valence-corrected chi connectivity index (χ1v) is 14.1. The summed E-state index contributed by atoms with van der Waals surface area (Å²) in [6.45, 7) is 9.15. The molecule has 12 heteroatoms. The smallest absolute Gasteiger partial charge is 0.414 e. The second kappa shape index (κ2) is 13.6. The van der Waals surface area contributed by atoms with E-state index in [0.29, 0.717) is 12.8 Å². The molecule has 1 unspecified atom stereocenters. The highest BCUT2D eigenvalue weighted by Gasteiger charge is 2.40. The van der Waals surface area contributed by atoms with Gasteiger partial charge in [0.1, 0.15) is 23.3 Å². The summed E-state index contributed by atoms with van der Waals surface area (Å²) in [7, 11) is 0. The zero-order chi connectivity index (χ0) is 30.3. The number of ether oxygens (including phenoxy) is 1. The van der Waals surface area contributed by atoms with Crippen LogP contribution in [-0.2, 0) is 29.3 Å². The van der Waals surface area contributed by atoms with Gasteiger partial charge in [0, 0.05) is 18.9 Å². The van der Waals surface area contributed by atoms with Gasteiger partial charge in [0.15, 0.2) is 0 Å². The zero-order valence-electron chi connectivity index (χ0n) is 24.6. The Hall–Kier alpha value is -3.55. The van der Waals surface area contributed by atoms with Gasteiger partial charge in [-0.2, -0.15) is 5.48 Å². The van der Waals surface area contributed by atoms with Gasteiger partial charge in [-0.15, -0.1) is 9.98 Å². The molecule has 2 aromatic carbocycles. The van der Waals surface area contributed by atoms with E-state index >= 15 is 0 Å². The van der Waals surface area contributed by atoms with Crippen LogP contribution < -0.4 is 16.3 Å². The average Bonchev–Trinajstić information content (AvgIpc) is 3.23. The number of hydrogen-bond acceptors (Lipinski definition) is 10. The first-order valence-electron chi connectivity index (χ1n) is 14.1. The van der Waals surface area contributed by atoms with Crippen LogP contribution in [0.3, 0.4) is 0 Å². The number of nitrogens with zero attached hydrogens (tertiary/aromatic N) is 1. The molecule has 1 aliphatic heterocycles. The van der Waals surface area contributed by atoms with Crippen LogP contribution in [0.5, 0.6) is 0 Å². The zero-order valence-corrected chi connectivity index (χ0v) is 24.6. The molecule has 2 atom stereocenters. The predicted molar refractivity (Wildman–Crippen MR) is 154 cm³/mol. The molecule has 1 aliphatic carbocycles. The third-order valence-electron chi connectivity index (χ3n) is 6.80. The SMILES string of the molecule is CC(C)(C)OC(=O)NC1=NCCCC[C@@H](C(=O)O)NOOC(C2c3ccccc3-c3ccccc32)CC(C)(C)OON1. The molecule has 2 aromatic rings. The topological polar surface area (TPSA) is 149 Å². The van der Waals surface area contributed by atoms with Crippen molar-refractivity contribution < 1.29 is 39.2 Å². The first kappa shape index (κ1) is 31.4. The molecule has 2 aliphatic rings. The fourth-order valence-corrected chi connectivity index (χ4v) is 5.02. The maximum Gasteiger partial charge on any atom is 0.414 e. The molecule has 0 radical (unpaired) electrons. The minimum atomic E-state index is -1.07. The van der Waals surface area contributed by atoms with Gasteiger partial charge in [-0.1, -0.05) is 48.5 Å². The van der Waals surface area contributed by atoms with Crippen molar-refractivity contribution in [2.75, 3.05) is 6.54 Å². The van der Waals surface area contributed by atoms with Crippen molar-refractivity contribution in [3.05, 3.63) is 59.7 Å². The summed E-state index contributed by atoms with van der Waals surface area (Å²) in [5.74, 6) is -1.31. The van der Waals surface area contributed by atoms with Crippen LogP contribution in [-0.4, -0.2) is 53.0 Å². The van der Waals surface area contributed by atoms with E-state index in [-0.39, 0.29) is 31.3 Å². The minimum Gasteiger partial charge on any atom is -0.480 e. The molecule has 42 heavy (non-hydrogen) atoms. The molecule has 0 saturated heterocycles. The number of rotatable bonds is 2. The number of hydroxylamine groups is 2. The van der Waals surface area contributed by atoms with Crippen molar-refractivity contribution in [2.24, 2.45) is 4.99 Å². The lowest BCUT2D eigenvalue weighted by atomic mass is 9.85. The Bertz CT molecular complexity index is 1230. The van der Waals surface area contributed by atoms with Crippen LogP contribution in [0.1, 0.15) is 77.3 Å².